The van der Waals surface area contributed by atoms with Crippen LogP contribution in [0.5, 0.6) is 0 Å². The van der Waals surface area contributed by atoms with Gasteiger partial charge in [0.25, 0.3) is 0 Å². The monoisotopic (exact) mass is 349 g/mol. The van der Waals surface area contributed by atoms with Gasteiger partial charge in [-0.25, -0.2) is 4.79 Å². The molecule has 4 rings (SSSR count). The lowest BCUT2D eigenvalue weighted by Gasteiger charge is -2.09. The standard InChI is InChI=1S/C19H15N3O2S/c1-12-6-8-14(9-7-12)22-16(11-25-19(22)21-20)15-10-13-4-2-3-5-17(13)24-18(15)23/h2-11H,20H2,1H3/b21-19-. The minimum atomic E-state index is -0.388. The van der Waals surface area contributed by atoms with Gasteiger partial charge < -0.3 is 10.3 Å². The fraction of sp³-hybridized carbons (Fsp3) is 0.0526. The van der Waals surface area contributed by atoms with E-state index in [1.54, 1.807) is 6.07 Å². The Balaban J connectivity index is 2.01. The number of benzene rings is 2. The molecular weight excluding hydrogens is 334 g/mol. The van der Waals surface area contributed by atoms with E-state index in [-0.39, 0.29) is 5.63 Å². The Morgan fingerprint density at radius 1 is 1.12 bits per heavy atom. The maximum atomic E-state index is 12.5. The number of fused-ring (bicyclic) bond motifs is 1. The fourth-order valence-corrected chi connectivity index (χ4v) is 3.59. The van der Waals surface area contributed by atoms with Crippen molar-refractivity contribution in [3.8, 4) is 16.9 Å². The number of hydrogen-bond acceptors (Lipinski definition) is 5. The Morgan fingerprint density at radius 3 is 2.64 bits per heavy atom. The van der Waals surface area contributed by atoms with E-state index in [2.05, 4.69) is 5.10 Å². The van der Waals surface area contributed by atoms with Crippen molar-refractivity contribution >= 4 is 22.3 Å². The molecule has 0 fully saturated rings. The quantitative estimate of drug-likeness (QED) is 0.342. The highest BCUT2D eigenvalue weighted by Crippen LogP contribution is 2.24. The summed E-state index contributed by atoms with van der Waals surface area (Å²) < 4.78 is 7.34. The van der Waals surface area contributed by atoms with Crippen LogP contribution in [0.3, 0.4) is 0 Å². The van der Waals surface area contributed by atoms with Crippen molar-refractivity contribution in [1.82, 2.24) is 4.57 Å². The van der Waals surface area contributed by atoms with E-state index in [4.69, 9.17) is 10.3 Å². The van der Waals surface area contributed by atoms with Crippen LogP contribution in [0.2, 0.25) is 0 Å². The van der Waals surface area contributed by atoms with Gasteiger partial charge in [-0.15, -0.1) is 11.3 Å². The highest BCUT2D eigenvalue weighted by Gasteiger charge is 2.15. The molecule has 0 amide bonds. The van der Waals surface area contributed by atoms with Crippen molar-refractivity contribution < 1.29 is 4.42 Å². The lowest BCUT2D eigenvalue weighted by atomic mass is 10.1. The average Bonchev–Trinajstić information content (AvgIpc) is 3.05. The van der Waals surface area contributed by atoms with Crippen molar-refractivity contribution in [2.45, 2.75) is 6.92 Å². The Hall–Kier alpha value is -3.12. The second kappa shape index (κ2) is 6.07. The molecule has 0 aliphatic carbocycles. The summed E-state index contributed by atoms with van der Waals surface area (Å²) in [5.41, 5.74) is 3.40. The number of nitrogens with two attached hydrogens (primary N) is 1. The summed E-state index contributed by atoms with van der Waals surface area (Å²) in [6, 6.07) is 17.3. The van der Waals surface area contributed by atoms with Gasteiger partial charge in [0, 0.05) is 16.5 Å². The third-order valence-corrected chi connectivity index (χ3v) is 4.87. The molecule has 0 spiro atoms. The van der Waals surface area contributed by atoms with E-state index in [1.807, 2.05) is 65.4 Å². The Morgan fingerprint density at radius 2 is 1.88 bits per heavy atom. The molecule has 0 atom stereocenters. The van der Waals surface area contributed by atoms with Gasteiger partial charge in [-0.05, 0) is 31.2 Å². The number of rotatable bonds is 2. The Bertz CT molecular complexity index is 1180. The van der Waals surface area contributed by atoms with Crippen LogP contribution >= 0.6 is 11.3 Å². The molecule has 124 valence electrons. The number of hydrogen-bond donors (Lipinski definition) is 1. The van der Waals surface area contributed by atoms with Crippen molar-refractivity contribution in [3.63, 3.8) is 0 Å². The van der Waals surface area contributed by atoms with Gasteiger partial charge in [-0.3, -0.25) is 4.57 Å². The maximum absolute atomic E-state index is 12.5. The van der Waals surface area contributed by atoms with E-state index < -0.39 is 0 Å². The first kappa shape index (κ1) is 15.4. The topological polar surface area (TPSA) is 73.5 Å². The molecule has 5 nitrogen and oxygen atoms in total. The number of nitrogens with zero attached hydrogens (tertiary/aromatic N) is 2. The van der Waals surface area contributed by atoms with Gasteiger partial charge in [0.05, 0.1) is 11.3 Å². The van der Waals surface area contributed by atoms with E-state index in [9.17, 15) is 4.79 Å². The summed E-state index contributed by atoms with van der Waals surface area (Å²) in [6.07, 6.45) is 0. The van der Waals surface area contributed by atoms with Crippen LogP contribution in [0.15, 0.2) is 74.3 Å². The largest absolute Gasteiger partial charge is 0.422 e. The van der Waals surface area contributed by atoms with Gasteiger partial charge in [-0.2, -0.15) is 5.10 Å². The van der Waals surface area contributed by atoms with Crippen LogP contribution in [0.1, 0.15) is 5.56 Å². The van der Waals surface area contributed by atoms with Crippen LogP contribution in [0, 0.1) is 6.92 Å². The van der Waals surface area contributed by atoms with Gasteiger partial charge >= 0.3 is 5.63 Å². The zero-order valence-electron chi connectivity index (χ0n) is 13.5. The molecule has 25 heavy (non-hydrogen) atoms. The summed E-state index contributed by atoms with van der Waals surface area (Å²) in [4.78, 5) is 13.1. The van der Waals surface area contributed by atoms with Crippen molar-refractivity contribution in [2.75, 3.05) is 0 Å². The van der Waals surface area contributed by atoms with Crippen molar-refractivity contribution in [2.24, 2.45) is 10.9 Å². The number of thiazole rings is 1. The van der Waals surface area contributed by atoms with Crippen LogP contribution in [-0.4, -0.2) is 4.57 Å². The van der Waals surface area contributed by atoms with Crippen LogP contribution in [0.4, 0.5) is 0 Å². The van der Waals surface area contributed by atoms with Gasteiger partial charge in [-0.1, -0.05) is 35.9 Å². The predicted molar refractivity (Wildman–Crippen MR) is 99.6 cm³/mol. The molecule has 0 aliphatic rings. The van der Waals surface area contributed by atoms with Gasteiger partial charge in [0.1, 0.15) is 5.58 Å². The third kappa shape index (κ3) is 2.66. The molecule has 6 heteroatoms. The van der Waals surface area contributed by atoms with Gasteiger partial charge in [0.2, 0.25) is 4.80 Å². The van der Waals surface area contributed by atoms with Crippen LogP contribution < -0.4 is 16.3 Å². The summed E-state index contributed by atoms with van der Waals surface area (Å²) in [6.45, 7) is 2.02. The summed E-state index contributed by atoms with van der Waals surface area (Å²) in [7, 11) is 0. The molecule has 2 N–H and O–H groups in total. The van der Waals surface area contributed by atoms with Crippen LogP contribution in [-0.2, 0) is 0 Å². The zero-order chi connectivity index (χ0) is 17.4. The maximum Gasteiger partial charge on any atom is 0.345 e. The molecule has 0 unspecified atom stereocenters. The first-order chi connectivity index (χ1) is 12.2. The van der Waals surface area contributed by atoms with E-state index in [0.29, 0.717) is 21.6 Å². The first-order valence-electron chi connectivity index (χ1n) is 7.72. The second-order valence-corrected chi connectivity index (χ2v) is 6.53. The highest BCUT2D eigenvalue weighted by molar-refractivity contribution is 7.07. The smallest absolute Gasteiger partial charge is 0.345 e. The van der Waals surface area contributed by atoms with Crippen molar-refractivity contribution in [3.05, 3.63) is 80.8 Å². The normalized spacial score (nSPS) is 12.0. The predicted octanol–water partition coefficient (Wildman–Crippen LogP) is 3.40. The highest BCUT2D eigenvalue weighted by atomic mass is 32.1. The molecular formula is C19H15N3O2S. The third-order valence-electron chi connectivity index (χ3n) is 4.03. The lowest BCUT2D eigenvalue weighted by Crippen LogP contribution is -2.17. The average molecular weight is 349 g/mol. The molecule has 0 bridgehead atoms. The van der Waals surface area contributed by atoms with E-state index in [0.717, 1.165) is 16.6 Å². The van der Waals surface area contributed by atoms with Crippen molar-refractivity contribution in [1.29, 1.82) is 0 Å². The molecule has 2 aromatic carbocycles. The minimum absolute atomic E-state index is 0.388. The fourth-order valence-electron chi connectivity index (χ4n) is 2.77. The SMILES string of the molecule is Cc1ccc(-n2c(-c3cc4ccccc4oc3=O)cs/c2=N\N)cc1. The minimum Gasteiger partial charge on any atom is -0.422 e. The number of para-hydroxylation sites is 1. The molecule has 4 aromatic rings. The number of aryl methyl sites for hydroxylation is 1. The zero-order valence-corrected chi connectivity index (χ0v) is 14.3. The summed E-state index contributed by atoms with van der Waals surface area (Å²) in [5, 5.41) is 6.59. The van der Waals surface area contributed by atoms with Gasteiger partial charge in [0.15, 0.2) is 0 Å². The van der Waals surface area contributed by atoms with Crippen LogP contribution in [0.25, 0.3) is 27.9 Å². The first-order valence-corrected chi connectivity index (χ1v) is 8.60. The second-order valence-electron chi connectivity index (χ2n) is 5.69. The summed E-state index contributed by atoms with van der Waals surface area (Å²) in [5.74, 6) is 5.55. The Kier molecular flexibility index (Phi) is 3.74. The van der Waals surface area contributed by atoms with E-state index >= 15 is 0 Å². The molecule has 2 heterocycles. The molecule has 2 aromatic heterocycles. The molecule has 0 saturated heterocycles. The lowest BCUT2D eigenvalue weighted by molar-refractivity contribution is 0.563. The van der Waals surface area contributed by atoms with E-state index in [1.165, 1.54) is 11.3 Å². The molecule has 0 aliphatic heterocycles. The Labute approximate surface area is 147 Å². The molecule has 0 radical (unpaired) electrons. The summed E-state index contributed by atoms with van der Waals surface area (Å²) >= 11 is 1.37. The molecule has 0 saturated carbocycles. The number of aromatic nitrogens is 1.